The number of benzene rings is 1. The lowest BCUT2D eigenvalue weighted by atomic mass is 10.2. The maximum Gasteiger partial charge on any atom is 0.242 e. The Morgan fingerprint density at radius 3 is 2.80 bits per heavy atom. The number of hydrogen-bond acceptors (Lipinski definition) is 4. The molecule has 7 heteroatoms. The van der Waals surface area contributed by atoms with Crippen molar-refractivity contribution in [2.75, 3.05) is 13.7 Å². The molecule has 2 N–H and O–H groups in total. The van der Waals surface area contributed by atoms with E-state index in [-0.39, 0.29) is 22.1 Å². The standard InChI is InChI=1S/C13H19ClN2O3S/c1-9-12(5-6-19-9)16-20(17,18)13-7-10(8-15-2)3-4-11(13)14/h3-4,7,9,12,15-16H,5-6,8H2,1-2H3. The van der Waals surface area contributed by atoms with Crippen LogP contribution in [0, 0.1) is 0 Å². The fourth-order valence-electron chi connectivity index (χ4n) is 2.22. The third kappa shape index (κ3) is 3.51. The minimum absolute atomic E-state index is 0.117. The van der Waals surface area contributed by atoms with Gasteiger partial charge < -0.3 is 10.1 Å². The highest BCUT2D eigenvalue weighted by Gasteiger charge is 2.30. The van der Waals surface area contributed by atoms with E-state index >= 15 is 0 Å². The van der Waals surface area contributed by atoms with Crippen LogP contribution in [0.25, 0.3) is 0 Å². The van der Waals surface area contributed by atoms with Gasteiger partial charge in [0.15, 0.2) is 0 Å². The summed E-state index contributed by atoms with van der Waals surface area (Å²) in [5.74, 6) is 0. The summed E-state index contributed by atoms with van der Waals surface area (Å²) in [5, 5.41) is 3.21. The second-order valence-electron chi connectivity index (χ2n) is 4.89. The van der Waals surface area contributed by atoms with E-state index in [0.29, 0.717) is 19.6 Å². The van der Waals surface area contributed by atoms with Crippen LogP contribution in [0.2, 0.25) is 5.02 Å². The minimum Gasteiger partial charge on any atom is -0.377 e. The first kappa shape index (κ1) is 15.7. The summed E-state index contributed by atoms with van der Waals surface area (Å²) in [4.78, 5) is 0.117. The van der Waals surface area contributed by atoms with Crippen molar-refractivity contribution in [1.82, 2.24) is 10.0 Å². The van der Waals surface area contributed by atoms with Gasteiger partial charge in [0.25, 0.3) is 0 Å². The van der Waals surface area contributed by atoms with E-state index in [1.165, 1.54) is 0 Å². The molecular weight excluding hydrogens is 300 g/mol. The summed E-state index contributed by atoms with van der Waals surface area (Å²) in [6, 6.07) is 4.81. The number of rotatable bonds is 5. The normalized spacial score (nSPS) is 23.1. The SMILES string of the molecule is CNCc1ccc(Cl)c(S(=O)(=O)NC2CCOC2C)c1. The first-order chi connectivity index (χ1) is 9.44. The molecule has 0 saturated carbocycles. The number of ether oxygens (including phenoxy) is 1. The van der Waals surface area contributed by atoms with Gasteiger partial charge in [-0.25, -0.2) is 13.1 Å². The van der Waals surface area contributed by atoms with Gasteiger partial charge in [0.2, 0.25) is 10.0 Å². The highest BCUT2D eigenvalue weighted by Crippen LogP contribution is 2.24. The number of halogens is 1. The predicted octanol–water partition coefficient (Wildman–Crippen LogP) is 1.52. The lowest BCUT2D eigenvalue weighted by Gasteiger charge is -2.17. The second kappa shape index (κ2) is 6.41. The largest absolute Gasteiger partial charge is 0.377 e. The lowest BCUT2D eigenvalue weighted by Crippen LogP contribution is -2.39. The Bertz CT molecular complexity index is 577. The average Bonchev–Trinajstić information content (AvgIpc) is 2.77. The van der Waals surface area contributed by atoms with Gasteiger partial charge in [0.05, 0.1) is 17.2 Å². The van der Waals surface area contributed by atoms with Crippen LogP contribution in [0.1, 0.15) is 18.9 Å². The molecule has 2 unspecified atom stereocenters. The van der Waals surface area contributed by atoms with E-state index in [2.05, 4.69) is 10.0 Å². The molecule has 5 nitrogen and oxygen atoms in total. The van der Waals surface area contributed by atoms with Gasteiger partial charge in [-0.1, -0.05) is 17.7 Å². The van der Waals surface area contributed by atoms with Crippen LogP contribution >= 0.6 is 11.6 Å². The Morgan fingerprint density at radius 1 is 1.45 bits per heavy atom. The molecule has 1 saturated heterocycles. The van der Waals surface area contributed by atoms with Gasteiger partial charge in [-0.05, 0) is 38.1 Å². The number of hydrogen-bond donors (Lipinski definition) is 2. The van der Waals surface area contributed by atoms with Crippen molar-refractivity contribution in [3.63, 3.8) is 0 Å². The molecule has 1 heterocycles. The number of sulfonamides is 1. The molecule has 0 bridgehead atoms. The van der Waals surface area contributed by atoms with Gasteiger partial charge in [-0.15, -0.1) is 0 Å². The van der Waals surface area contributed by atoms with Gasteiger partial charge in [-0.3, -0.25) is 0 Å². The first-order valence-electron chi connectivity index (χ1n) is 6.51. The second-order valence-corrected chi connectivity index (χ2v) is 6.98. The van der Waals surface area contributed by atoms with Crippen molar-refractivity contribution in [3.8, 4) is 0 Å². The number of nitrogens with one attached hydrogen (secondary N) is 2. The molecule has 0 amide bonds. The van der Waals surface area contributed by atoms with Crippen molar-refractivity contribution in [2.24, 2.45) is 0 Å². The zero-order valence-electron chi connectivity index (χ0n) is 11.5. The zero-order chi connectivity index (χ0) is 14.8. The summed E-state index contributed by atoms with van der Waals surface area (Å²) in [6.45, 7) is 3.02. The van der Waals surface area contributed by atoms with Gasteiger partial charge in [0, 0.05) is 13.2 Å². The molecule has 0 spiro atoms. The monoisotopic (exact) mass is 318 g/mol. The van der Waals surface area contributed by atoms with Crippen LogP contribution in [-0.2, 0) is 21.3 Å². The smallest absolute Gasteiger partial charge is 0.242 e. The quantitative estimate of drug-likeness (QED) is 0.863. The molecule has 20 heavy (non-hydrogen) atoms. The molecule has 1 aromatic carbocycles. The molecule has 2 atom stereocenters. The minimum atomic E-state index is -3.64. The van der Waals surface area contributed by atoms with Crippen LogP contribution in [-0.4, -0.2) is 34.2 Å². The van der Waals surface area contributed by atoms with Crippen molar-refractivity contribution < 1.29 is 13.2 Å². The first-order valence-corrected chi connectivity index (χ1v) is 8.37. The van der Waals surface area contributed by atoms with Crippen LogP contribution in [0.15, 0.2) is 23.1 Å². The Kier molecular flexibility index (Phi) is 5.04. The highest BCUT2D eigenvalue weighted by atomic mass is 35.5. The topological polar surface area (TPSA) is 67.4 Å². The maximum atomic E-state index is 12.4. The molecule has 0 radical (unpaired) electrons. The van der Waals surface area contributed by atoms with Crippen LogP contribution in [0.5, 0.6) is 0 Å². The van der Waals surface area contributed by atoms with Gasteiger partial charge in [0.1, 0.15) is 4.90 Å². The van der Waals surface area contributed by atoms with E-state index in [9.17, 15) is 8.42 Å². The summed E-state index contributed by atoms with van der Waals surface area (Å²) in [5.41, 5.74) is 0.869. The molecule has 1 aliphatic rings. The van der Waals surface area contributed by atoms with E-state index in [1.807, 2.05) is 6.92 Å². The Hall–Kier alpha value is -0.660. The molecule has 1 aliphatic heterocycles. The molecule has 1 aromatic rings. The summed E-state index contributed by atoms with van der Waals surface area (Å²) >= 11 is 6.03. The van der Waals surface area contributed by atoms with Crippen molar-refractivity contribution >= 4 is 21.6 Å². The molecule has 112 valence electrons. The zero-order valence-corrected chi connectivity index (χ0v) is 13.1. The van der Waals surface area contributed by atoms with E-state index < -0.39 is 10.0 Å². The summed E-state index contributed by atoms with van der Waals surface area (Å²) in [7, 11) is -1.83. The third-order valence-electron chi connectivity index (χ3n) is 3.35. The summed E-state index contributed by atoms with van der Waals surface area (Å²) in [6.07, 6.45) is 0.554. The predicted molar refractivity (Wildman–Crippen MR) is 78.4 cm³/mol. The van der Waals surface area contributed by atoms with Gasteiger partial charge >= 0.3 is 0 Å². The van der Waals surface area contributed by atoms with Crippen LogP contribution < -0.4 is 10.0 Å². The molecule has 2 rings (SSSR count). The van der Waals surface area contributed by atoms with Crippen molar-refractivity contribution in [1.29, 1.82) is 0 Å². The molecule has 0 aromatic heterocycles. The Morgan fingerprint density at radius 2 is 2.20 bits per heavy atom. The fourth-order valence-corrected chi connectivity index (χ4v) is 4.11. The van der Waals surface area contributed by atoms with Crippen molar-refractivity contribution in [2.45, 2.75) is 36.9 Å². The van der Waals surface area contributed by atoms with Crippen LogP contribution in [0.4, 0.5) is 0 Å². The van der Waals surface area contributed by atoms with E-state index in [1.54, 1.807) is 25.2 Å². The third-order valence-corrected chi connectivity index (χ3v) is 5.32. The molecule has 1 fully saturated rings. The fraction of sp³-hybridized carbons (Fsp3) is 0.538. The molecule has 0 aliphatic carbocycles. The van der Waals surface area contributed by atoms with Crippen LogP contribution in [0.3, 0.4) is 0 Å². The Balaban J connectivity index is 2.26. The van der Waals surface area contributed by atoms with Gasteiger partial charge in [-0.2, -0.15) is 0 Å². The van der Waals surface area contributed by atoms with E-state index in [4.69, 9.17) is 16.3 Å². The average molecular weight is 319 g/mol. The lowest BCUT2D eigenvalue weighted by molar-refractivity contribution is 0.117. The highest BCUT2D eigenvalue weighted by molar-refractivity contribution is 7.89. The molecular formula is C13H19ClN2O3S. The van der Waals surface area contributed by atoms with E-state index in [0.717, 1.165) is 5.56 Å². The van der Waals surface area contributed by atoms with Crippen molar-refractivity contribution in [3.05, 3.63) is 28.8 Å². The maximum absolute atomic E-state index is 12.4. The Labute approximate surface area is 124 Å². The summed E-state index contributed by atoms with van der Waals surface area (Å²) < 4.78 is 32.9.